The lowest BCUT2D eigenvalue weighted by molar-refractivity contribution is -0.123. The van der Waals surface area contributed by atoms with Gasteiger partial charge in [-0.1, -0.05) is 31.2 Å². The van der Waals surface area contributed by atoms with E-state index in [-0.39, 0.29) is 18.6 Å². The lowest BCUT2D eigenvalue weighted by Gasteiger charge is -2.33. The highest BCUT2D eigenvalue weighted by atomic mass is 16.5. The van der Waals surface area contributed by atoms with Crippen molar-refractivity contribution in [1.29, 1.82) is 0 Å². The molecule has 2 aliphatic rings. The highest BCUT2D eigenvalue weighted by Crippen LogP contribution is 2.29. The second kappa shape index (κ2) is 9.55. The standard InChI is InChI=1S/C26H34N2O2/c1-19-7-6-16-28(17-19)23-14-12-21(13-15-23)20(2)27-26(29)18-30-25-11-5-9-22-8-3-4-10-24(22)25/h5,9,11-15,19-20H,3-4,6-8,10,16-18H2,1-2H3,(H,27,29). The van der Waals surface area contributed by atoms with Crippen LogP contribution in [-0.4, -0.2) is 25.6 Å². The third-order valence-corrected chi connectivity index (χ3v) is 6.50. The molecule has 4 nitrogen and oxygen atoms in total. The number of anilines is 1. The number of carbonyl (C=O) groups is 1. The van der Waals surface area contributed by atoms with Crippen molar-refractivity contribution >= 4 is 11.6 Å². The second-order valence-electron chi connectivity index (χ2n) is 8.96. The highest BCUT2D eigenvalue weighted by Gasteiger charge is 2.18. The Labute approximate surface area is 180 Å². The molecule has 160 valence electrons. The average Bonchev–Trinajstić information content (AvgIpc) is 2.77. The molecule has 4 heteroatoms. The van der Waals surface area contributed by atoms with Gasteiger partial charge in [-0.25, -0.2) is 0 Å². The van der Waals surface area contributed by atoms with E-state index >= 15 is 0 Å². The van der Waals surface area contributed by atoms with Gasteiger partial charge in [0.2, 0.25) is 0 Å². The fraction of sp³-hybridized carbons (Fsp3) is 0.500. The number of fused-ring (bicyclic) bond motifs is 1. The first-order valence-corrected chi connectivity index (χ1v) is 11.5. The molecule has 2 aromatic carbocycles. The monoisotopic (exact) mass is 406 g/mol. The number of carbonyl (C=O) groups excluding carboxylic acids is 1. The average molecular weight is 407 g/mol. The Hall–Kier alpha value is -2.49. The van der Waals surface area contributed by atoms with E-state index in [9.17, 15) is 4.79 Å². The largest absolute Gasteiger partial charge is 0.483 e. The summed E-state index contributed by atoms with van der Waals surface area (Å²) in [7, 11) is 0. The molecule has 4 rings (SSSR count). The Kier molecular flexibility index (Phi) is 6.61. The molecule has 1 amide bonds. The van der Waals surface area contributed by atoms with Crippen LogP contribution >= 0.6 is 0 Å². The molecular weight excluding hydrogens is 372 g/mol. The number of rotatable bonds is 6. The topological polar surface area (TPSA) is 41.6 Å². The van der Waals surface area contributed by atoms with Crippen LogP contribution in [0.1, 0.15) is 62.3 Å². The number of amides is 1. The number of nitrogens with one attached hydrogen (secondary N) is 1. The molecule has 1 aliphatic heterocycles. The van der Waals surface area contributed by atoms with Crippen LogP contribution in [0.15, 0.2) is 42.5 Å². The summed E-state index contributed by atoms with van der Waals surface area (Å²) in [6.45, 7) is 6.68. The molecule has 2 aromatic rings. The minimum atomic E-state index is -0.0788. The number of piperidine rings is 1. The summed E-state index contributed by atoms with van der Waals surface area (Å²) in [5, 5.41) is 3.08. The number of benzene rings is 2. The summed E-state index contributed by atoms with van der Waals surface area (Å²) in [4.78, 5) is 14.9. The van der Waals surface area contributed by atoms with Crippen molar-refractivity contribution in [3.8, 4) is 5.75 Å². The maximum atomic E-state index is 12.5. The van der Waals surface area contributed by atoms with Gasteiger partial charge in [0.25, 0.3) is 5.91 Å². The van der Waals surface area contributed by atoms with Crippen molar-refractivity contribution in [2.75, 3.05) is 24.6 Å². The van der Waals surface area contributed by atoms with Crippen LogP contribution in [0.4, 0.5) is 5.69 Å². The number of nitrogens with zero attached hydrogens (tertiary/aromatic N) is 1. The molecule has 1 saturated heterocycles. The van der Waals surface area contributed by atoms with Crippen LogP contribution in [0.3, 0.4) is 0 Å². The molecule has 1 heterocycles. The Morgan fingerprint density at radius 3 is 2.73 bits per heavy atom. The molecule has 1 N–H and O–H groups in total. The van der Waals surface area contributed by atoms with Crippen molar-refractivity contribution < 1.29 is 9.53 Å². The summed E-state index contributed by atoms with van der Waals surface area (Å²) in [5.74, 6) is 1.55. The van der Waals surface area contributed by atoms with Gasteiger partial charge in [0.05, 0.1) is 6.04 Å². The van der Waals surface area contributed by atoms with Gasteiger partial charge in [-0.05, 0) is 86.3 Å². The van der Waals surface area contributed by atoms with Crippen molar-refractivity contribution in [3.05, 3.63) is 59.2 Å². The molecule has 0 saturated carbocycles. The zero-order valence-electron chi connectivity index (χ0n) is 18.3. The number of ether oxygens (including phenoxy) is 1. The predicted octanol–water partition coefficient (Wildman–Crippen LogP) is 5.06. The van der Waals surface area contributed by atoms with Crippen LogP contribution in [-0.2, 0) is 17.6 Å². The van der Waals surface area contributed by atoms with E-state index in [0.717, 1.165) is 43.2 Å². The van der Waals surface area contributed by atoms with Gasteiger partial charge in [0.15, 0.2) is 6.61 Å². The minimum Gasteiger partial charge on any atom is -0.483 e. The van der Waals surface area contributed by atoms with Gasteiger partial charge in [0, 0.05) is 18.8 Å². The van der Waals surface area contributed by atoms with Crippen LogP contribution in [0, 0.1) is 5.92 Å². The van der Waals surface area contributed by atoms with Crippen LogP contribution < -0.4 is 15.0 Å². The summed E-state index contributed by atoms with van der Waals surface area (Å²) in [5.41, 5.74) is 5.05. The van der Waals surface area contributed by atoms with Crippen molar-refractivity contribution in [3.63, 3.8) is 0 Å². The molecule has 0 bridgehead atoms. The fourth-order valence-corrected chi connectivity index (χ4v) is 4.79. The Morgan fingerprint density at radius 2 is 1.93 bits per heavy atom. The number of hydrogen-bond donors (Lipinski definition) is 1. The third-order valence-electron chi connectivity index (χ3n) is 6.50. The highest BCUT2D eigenvalue weighted by molar-refractivity contribution is 5.78. The first-order valence-electron chi connectivity index (χ1n) is 11.5. The SMILES string of the molecule is CC1CCCN(c2ccc(C(C)NC(=O)COc3cccc4c3CCCC4)cc2)C1. The van der Waals surface area contributed by atoms with E-state index in [4.69, 9.17) is 4.74 Å². The quantitative estimate of drug-likeness (QED) is 0.729. The molecule has 2 unspecified atom stereocenters. The van der Waals surface area contributed by atoms with Gasteiger partial charge in [-0.15, -0.1) is 0 Å². The zero-order chi connectivity index (χ0) is 20.9. The summed E-state index contributed by atoms with van der Waals surface area (Å²) in [6.07, 6.45) is 7.19. The Morgan fingerprint density at radius 1 is 1.13 bits per heavy atom. The molecular formula is C26H34N2O2. The van der Waals surface area contributed by atoms with Crippen LogP contribution in [0.5, 0.6) is 5.75 Å². The predicted molar refractivity (Wildman–Crippen MR) is 122 cm³/mol. The van der Waals surface area contributed by atoms with Gasteiger partial charge >= 0.3 is 0 Å². The molecule has 0 radical (unpaired) electrons. The van der Waals surface area contributed by atoms with Gasteiger partial charge in [-0.2, -0.15) is 0 Å². The number of hydrogen-bond acceptors (Lipinski definition) is 3. The lowest BCUT2D eigenvalue weighted by atomic mass is 9.91. The van der Waals surface area contributed by atoms with E-state index < -0.39 is 0 Å². The summed E-state index contributed by atoms with van der Waals surface area (Å²) in [6, 6.07) is 14.8. The summed E-state index contributed by atoms with van der Waals surface area (Å²) >= 11 is 0. The summed E-state index contributed by atoms with van der Waals surface area (Å²) < 4.78 is 5.89. The van der Waals surface area contributed by atoms with Crippen molar-refractivity contribution in [2.24, 2.45) is 5.92 Å². The Bertz CT molecular complexity index is 862. The number of aryl methyl sites for hydroxylation is 1. The minimum absolute atomic E-state index is 0.0416. The van der Waals surface area contributed by atoms with E-state index in [2.05, 4.69) is 47.5 Å². The molecule has 30 heavy (non-hydrogen) atoms. The maximum absolute atomic E-state index is 12.5. The van der Waals surface area contributed by atoms with E-state index in [1.165, 1.54) is 42.5 Å². The van der Waals surface area contributed by atoms with Crippen LogP contribution in [0.2, 0.25) is 0 Å². The lowest BCUT2D eigenvalue weighted by Crippen LogP contribution is -2.34. The van der Waals surface area contributed by atoms with Gasteiger partial charge in [0.1, 0.15) is 5.75 Å². The second-order valence-corrected chi connectivity index (χ2v) is 8.96. The maximum Gasteiger partial charge on any atom is 0.258 e. The van der Waals surface area contributed by atoms with Gasteiger partial charge in [-0.3, -0.25) is 4.79 Å². The molecule has 1 fully saturated rings. The smallest absolute Gasteiger partial charge is 0.258 e. The van der Waals surface area contributed by atoms with Crippen LogP contribution in [0.25, 0.3) is 0 Å². The molecule has 1 aliphatic carbocycles. The first kappa shape index (κ1) is 20.8. The Balaban J connectivity index is 1.30. The fourth-order valence-electron chi connectivity index (χ4n) is 4.79. The van der Waals surface area contributed by atoms with E-state index in [1.54, 1.807) is 0 Å². The molecule has 0 aromatic heterocycles. The zero-order valence-corrected chi connectivity index (χ0v) is 18.3. The van der Waals surface area contributed by atoms with Gasteiger partial charge < -0.3 is 15.0 Å². The normalized spacial score (nSPS) is 19.7. The van der Waals surface area contributed by atoms with E-state index in [0.29, 0.717) is 0 Å². The molecule has 2 atom stereocenters. The molecule has 0 spiro atoms. The van der Waals surface area contributed by atoms with Crippen molar-refractivity contribution in [2.45, 2.75) is 58.4 Å². The first-order chi connectivity index (χ1) is 14.6. The van der Waals surface area contributed by atoms with Crippen molar-refractivity contribution in [1.82, 2.24) is 5.32 Å². The van der Waals surface area contributed by atoms with E-state index in [1.807, 2.05) is 19.1 Å². The third kappa shape index (κ3) is 4.97.